The Hall–Kier alpha value is -2.67. The van der Waals surface area contributed by atoms with Crippen LogP contribution in [0.4, 0.5) is 11.5 Å². The highest BCUT2D eigenvalue weighted by Gasteiger charge is 2.24. The molecule has 0 unspecified atom stereocenters. The SMILES string of the molecule is CCN1CCN(c2cnc(C(=O)N3CCN(c4cccc(C)c4)CC3)cn2)CC1. The van der Waals surface area contributed by atoms with Gasteiger partial charge in [0, 0.05) is 58.0 Å². The van der Waals surface area contributed by atoms with E-state index in [0.29, 0.717) is 18.8 Å². The second-order valence-electron chi connectivity index (χ2n) is 7.80. The van der Waals surface area contributed by atoms with Gasteiger partial charge in [-0.05, 0) is 31.2 Å². The fraction of sp³-hybridized carbons (Fsp3) is 0.500. The number of carbonyl (C=O) groups is 1. The van der Waals surface area contributed by atoms with Gasteiger partial charge in [0.2, 0.25) is 0 Å². The Bertz CT molecular complexity index is 823. The van der Waals surface area contributed by atoms with Gasteiger partial charge in [-0.15, -0.1) is 0 Å². The van der Waals surface area contributed by atoms with Crippen LogP contribution >= 0.6 is 0 Å². The van der Waals surface area contributed by atoms with Crippen LogP contribution in [0.3, 0.4) is 0 Å². The molecule has 2 aliphatic rings. The van der Waals surface area contributed by atoms with Crippen LogP contribution in [0.2, 0.25) is 0 Å². The lowest BCUT2D eigenvalue weighted by Gasteiger charge is -2.36. The van der Waals surface area contributed by atoms with E-state index in [1.807, 2.05) is 4.90 Å². The highest BCUT2D eigenvalue weighted by molar-refractivity contribution is 5.92. The Morgan fingerprint density at radius 3 is 2.28 bits per heavy atom. The normalized spacial score (nSPS) is 18.2. The lowest BCUT2D eigenvalue weighted by atomic mass is 10.2. The van der Waals surface area contributed by atoms with Crippen molar-refractivity contribution in [3.63, 3.8) is 0 Å². The summed E-state index contributed by atoms with van der Waals surface area (Å²) in [6.45, 7) is 12.5. The van der Waals surface area contributed by atoms with Crippen molar-refractivity contribution < 1.29 is 4.79 Å². The molecule has 3 heterocycles. The lowest BCUT2D eigenvalue weighted by molar-refractivity contribution is 0.0740. The largest absolute Gasteiger partial charge is 0.368 e. The molecule has 0 saturated carbocycles. The first kappa shape index (κ1) is 19.6. The average molecular weight is 395 g/mol. The molecule has 0 spiro atoms. The summed E-state index contributed by atoms with van der Waals surface area (Å²) in [4.78, 5) is 30.7. The second kappa shape index (κ2) is 8.78. The van der Waals surface area contributed by atoms with Gasteiger partial charge in [0.25, 0.3) is 5.91 Å². The molecule has 1 aromatic heterocycles. The number of benzene rings is 1. The minimum Gasteiger partial charge on any atom is -0.368 e. The maximum atomic E-state index is 12.9. The fourth-order valence-corrected chi connectivity index (χ4v) is 4.04. The molecule has 2 aliphatic heterocycles. The summed E-state index contributed by atoms with van der Waals surface area (Å²) >= 11 is 0. The summed E-state index contributed by atoms with van der Waals surface area (Å²) < 4.78 is 0. The van der Waals surface area contributed by atoms with E-state index in [4.69, 9.17) is 0 Å². The number of nitrogens with zero attached hydrogens (tertiary/aromatic N) is 6. The van der Waals surface area contributed by atoms with E-state index in [9.17, 15) is 4.79 Å². The molecule has 154 valence electrons. The van der Waals surface area contributed by atoms with Crippen molar-refractivity contribution in [1.82, 2.24) is 19.8 Å². The van der Waals surface area contributed by atoms with E-state index < -0.39 is 0 Å². The highest BCUT2D eigenvalue weighted by Crippen LogP contribution is 2.19. The predicted molar refractivity (Wildman–Crippen MR) is 116 cm³/mol. The molecule has 1 aromatic carbocycles. The first-order valence-electron chi connectivity index (χ1n) is 10.5. The minimum atomic E-state index is -0.0243. The van der Waals surface area contributed by atoms with Gasteiger partial charge in [-0.2, -0.15) is 0 Å². The molecule has 0 atom stereocenters. The molecule has 0 bridgehead atoms. The summed E-state index contributed by atoms with van der Waals surface area (Å²) in [6.07, 6.45) is 3.38. The molecule has 2 saturated heterocycles. The standard InChI is InChI=1S/C22H30N6O/c1-3-25-7-9-27(10-8-25)21-17-23-20(16-24-21)22(29)28-13-11-26(12-14-28)19-6-4-5-18(2)15-19/h4-6,15-17H,3,7-14H2,1-2H3. The molecule has 0 radical (unpaired) electrons. The molecule has 2 fully saturated rings. The van der Waals surface area contributed by atoms with Crippen LogP contribution < -0.4 is 9.80 Å². The molecule has 4 rings (SSSR count). The molecule has 1 amide bonds. The van der Waals surface area contributed by atoms with Gasteiger partial charge in [0.05, 0.1) is 12.4 Å². The number of rotatable bonds is 4. The maximum Gasteiger partial charge on any atom is 0.274 e. The summed E-state index contributed by atoms with van der Waals surface area (Å²) in [6, 6.07) is 8.52. The van der Waals surface area contributed by atoms with E-state index >= 15 is 0 Å². The van der Waals surface area contributed by atoms with Crippen molar-refractivity contribution in [3.8, 4) is 0 Å². The predicted octanol–water partition coefficient (Wildman–Crippen LogP) is 1.89. The fourth-order valence-electron chi connectivity index (χ4n) is 4.04. The minimum absolute atomic E-state index is 0.0243. The van der Waals surface area contributed by atoms with Crippen molar-refractivity contribution in [1.29, 1.82) is 0 Å². The molecule has 2 aromatic rings. The highest BCUT2D eigenvalue weighted by atomic mass is 16.2. The quantitative estimate of drug-likeness (QED) is 0.789. The number of piperazine rings is 2. The maximum absolute atomic E-state index is 12.9. The van der Waals surface area contributed by atoms with E-state index in [0.717, 1.165) is 51.6 Å². The van der Waals surface area contributed by atoms with Crippen LogP contribution in [-0.4, -0.2) is 84.6 Å². The lowest BCUT2D eigenvalue weighted by Crippen LogP contribution is -2.49. The summed E-state index contributed by atoms with van der Waals surface area (Å²) in [5.41, 5.74) is 2.92. The van der Waals surface area contributed by atoms with Gasteiger partial charge in [0.1, 0.15) is 11.5 Å². The van der Waals surface area contributed by atoms with Gasteiger partial charge in [-0.3, -0.25) is 4.79 Å². The van der Waals surface area contributed by atoms with Gasteiger partial charge < -0.3 is 19.6 Å². The average Bonchev–Trinajstić information content (AvgIpc) is 2.79. The van der Waals surface area contributed by atoms with Crippen LogP contribution in [-0.2, 0) is 0 Å². The van der Waals surface area contributed by atoms with Crippen LogP contribution in [0.25, 0.3) is 0 Å². The number of anilines is 2. The van der Waals surface area contributed by atoms with Crippen molar-refractivity contribution in [2.75, 3.05) is 68.7 Å². The van der Waals surface area contributed by atoms with Crippen molar-refractivity contribution >= 4 is 17.4 Å². The second-order valence-corrected chi connectivity index (χ2v) is 7.80. The Labute approximate surface area is 172 Å². The summed E-state index contributed by atoms with van der Waals surface area (Å²) in [5, 5.41) is 0. The number of aryl methyl sites for hydroxylation is 1. The van der Waals surface area contributed by atoms with Crippen molar-refractivity contribution in [2.24, 2.45) is 0 Å². The van der Waals surface area contributed by atoms with E-state index in [-0.39, 0.29) is 5.91 Å². The first-order valence-corrected chi connectivity index (χ1v) is 10.5. The zero-order chi connectivity index (χ0) is 20.2. The Balaban J connectivity index is 1.33. The van der Waals surface area contributed by atoms with Gasteiger partial charge in [0.15, 0.2) is 0 Å². The van der Waals surface area contributed by atoms with Crippen LogP contribution in [0.15, 0.2) is 36.7 Å². The zero-order valence-electron chi connectivity index (χ0n) is 17.4. The van der Waals surface area contributed by atoms with Crippen molar-refractivity contribution in [2.45, 2.75) is 13.8 Å². The van der Waals surface area contributed by atoms with Crippen LogP contribution in [0, 0.1) is 6.92 Å². The third-order valence-electron chi connectivity index (χ3n) is 5.93. The topological polar surface area (TPSA) is 55.8 Å². The smallest absolute Gasteiger partial charge is 0.274 e. The Morgan fingerprint density at radius 1 is 0.931 bits per heavy atom. The molecular formula is C22H30N6O. The van der Waals surface area contributed by atoms with E-state index in [1.54, 1.807) is 12.4 Å². The number of hydrogen-bond donors (Lipinski definition) is 0. The Morgan fingerprint density at radius 2 is 1.66 bits per heavy atom. The van der Waals surface area contributed by atoms with Crippen LogP contribution in [0.1, 0.15) is 23.0 Å². The molecule has 29 heavy (non-hydrogen) atoms. The van der Waals surface area contributed by atoms with E-state index in [1.165, 1.54) is 11.3 Å². The van der Waals surface area contributed by atoms with Gasteiger partial charge in [-0.1, -0.05) is 19.1 Å². The number of aromatic nitrogens is 2. The zero-order valence-corrected chi connectivity index (χ0v) is 17.4. The summed E-state index contributed by atoms with van der Waals surface area (Å²) in [5.74, 6) is 0.838. The van der Waals surface area contributed by atoms with Gasteiger partial charge >= 0.3 is 0 Å². The van der Waals surface area contributed by atoms with Crippen molar-refractivity contribution in [3.05, 3.63) is 47.9 Å². The number of likely N-dealkylation sites (N-methyl/N-ethyl adjacent to an activating group) is 1. The summed E-state index contributed by atoms with van der Waals surface area (Å²) in [7, 11) is 0. The molecule has 0 N–H and O–H groups in total. The number of hydrogen-bond acceptors (Lipinski definition) is 6. The van der Waals surface area contributed by atoms with E-state index in [2.05, 4.69) is 62.8 Å². The monoisotopic (exact) mass is 394 g/mol. The van der Waals surface area contributed by atoms with Crippen LogP contribution in [0.5, 0.6) is 0 Å². The third-order valence-corrected chi connectivity index (χ3v) is 5.93. The number of carbonyl (C=O) groups excluding carboxylic acids is 1. The molecular weight excluding hydrogens is 364 g/mol. The first-order chi connectivity index (χ1) is 14.1. The Kier molecular flexibility index (Phi) is 5.94. The number of amides is 1. The molecule has 7 heteroatoms. The molecule has 7 nitrogen and oxygen atoms in total. The third kappa shape index (κ3) is 4.50. The molecule has 0 aliphatic carbocycles. The van der Waals surface area contributed by atoms with Gasteiger partial charge in [-0.25, -0.2) is 9.97 Å².